The molecule has 1 atom stereocenters. The van der Waals surface area contributed by atoms with Crippen LogP contribution in [0.4, 0.5) is 0 Å². The summed E-state index contributed by atoms with van der Waals surface area (Å²) in [5.41, 5.74) is 1.96. The molecule has 2 aromatic heterocycles. The van der Waals surface area contributed by atoms with Crippen LogP contribution in [0.5, 0.6) is 0 Å². The van der Waals surface area contributed by atoms with Crippen LogP contribution in [0.15, 0.2) is 59.9 Å². The van der Waals surface area contributed by atoms with E-state index < -0.39 is 0 Å². The second-order valence-electron chi connectivity index (χ2n) is 5.22. The van der Waals surface area contributed by atoms with Gasteiger partial charge >= 0.3 is 0 Å². The van der Waals surface area contributed by atoms with E-state index in [-0.39, 0.29) is 11.6 Å². The number of hydrogen-bond acceptors (Lipinski definition) is 3. The molecule has 4 nitrogen and oxygen atoms in total. The smallest absolute Gasteiger partial charge is 0.262 e. The average Bonchev–Trinajstić information content (AvgIpc) is 2.54. The van der Waals surface area contributed by atoms with Crippen molar-refractivity contribution in [3.8, 4) is 0 Å². The molecule has 0 saturated heterocycles. The molecule has 0 spiro atoms. The summed E-state index contributed by atoms with van der Waals surface area (Å²) >= 11 is 0. The van der Waals surface area contributed by atoms with Crippen molar-refractivity contribution in [3.05, 3.63) is 71.0 Å². The van der Waals surface area contributed by atoms with Gasteiger partial charge in [0.05, 0.1) is 17.2 Å². The summed E-state index contributed by atoms with van der Waals surface area (Å²) in [7, 11) is 0. The van der Waals surface area contributed by atoms with Crippen LogP contribution in [0.1, 0.15) is 24.9 Å². The fourth-order valence-corrected chi connectivity index (χ4v) is 2.45. The Labute approximate surface area is 123 Å². The average molecular weight is 279 g/mol. The summed E-state index contributed by atoms with van der Waals surface area (Å²) in [4.78, 5) is 20.8. The van der Waals surface area contributed by atoms with Gasteiger partial charge in [0.1, 0.15) is 0 Å². The maximum absolute atomic E-state index is 12.5. The highest BCUT2D eigenvalue weighted by Gasteiger charge is 2.10. The number of pyridine rings is 1. The third kappa shape index (κ3) is 2.84. The lowest BCUT2D eigenvalue weighted by atomic mass is 10.1. The van der Waals surface area contributed by atoms with Crippen molar-refractivity contribution in [2.24, 2.45) is 0 Å². The van der Waals surface area contributed by atoms with E-state index in [0.717, 1.165) is 12.8 Å². The summed E-state index contributed by atoms with van der Waals surface area (Å²) in [6, 6.07) is 12.2. The number of fused-ring (bicyclic) bond motifs is 1. The quantitative estimate of drug-likeness (QED) is 0.737. The lowest BCUT2D eigenvalue weighted by molar-refractivity contribution is 0.489. The maximum Gasteiger partial charge on any atom is 0.262 e. The molecule has 0 aliphatic carbocycles. The van der Waals surface area contributed by atoms with Crippen molar-refractivity contribution in [1.29, 1.82) is 0 Å². The van der Waals surface area contributed by atoms with E-state index in [2.05, 4.69) is 22.1 Å². The normalized spacial score (nSPS) is 12.4. The van der Waals surface area contributed by atoms with Crippen molar-refractivity contribution in [3.63, 3.8) is 0 Å². The number of aromatic nitrogens is 3. The Morgan fingerprint density at radius 3 is 2.81 bits per heavy atom. The molecule has 0 saturated carbocycles. The molecule has 3 aromatic rings. The van der Waals surface area contributed by atoms with E-state index in [1.807, 2.05) is 25.1 Å². The SMILES string of the molecule is C[C@@H](CCc1ccccc1)n1cnc2ccncc2c1=O. The van der Waals surface area contributed by atoms with E-state index >= 15 is 0 Å². The predicted octanol–water partition coefficient (Wildman–Crippen LogP) is 2.99. The molecule has 0 bridgehead atoms. The van der Waals surface area contributed by atoms with Gasteiger partial charge in [-0.25, -0.2) is 4.98 Å². The van der Waals surface area contributed by atoms with E-state index in [1.54, 1.807) is 29.4 Å². The highest BCUT2D eigenvalue weighted by molar-refractivity contribution is 5.75. The first kappa shape index (κ1) is 13.5. The topological polar surface area (TPSA) is 47.8 Å². The van der Waals surface area contributed by atoms with Gasteiger partial charge in [-0.1, -0.05) is 30.3 Å². The van der Waals surface area contributed by atoms with Crippen LogP contribution < -0.4 is 5.56 Å². The summed E-state index contributed by atoms with van der Waals surface area (Å²) < 4.78 is 1.70. The van der Waals surface area contributed by atoms with Crippen LogP contribution in [0, 0.1) is 0 Å². The van der Waals surface area contributed by atoms with Crippen LogP contribution in [-0.2, 0) is 6.42 Å². The largest absolute Gasteiger partial charge is 0.296 e. The summed E-state index contributed by atoms with van der Waals surface area (Å²) in [5, 5.41) is 0.576. The Bertz CT molecular complexity index is 796. The Kier molecular flexibility index (Phi) is 3.77. The molecule has 3 rings (SSSR count). The van der Waals surface area contributed by atoms with Gasteiger partial charge in [-0.2, -0.15) is 0 Å². The molecule has 0 fully saturated rings. The van der Waals surface area contributed by atoms with Gasteiger partial charge in [0.25, 0.3) is 5.56 Å². The molecule has 4 heteroatoms. The zero-order chi connectivity index (χ0) is 14.7. The zero-order valence-electron chi connectivity index (χ0n) is 11.9. The number of benzene rings is 1. The van der Waals surface area contributed by atoms with E-state index in [4.69, 9.17) is 0 Å². The van der Waals surface area contributed by atoms with Gasteiger partial charge < -0.3 is 0 Å². The van der Waals surface area contributed by atoms with Crippen LogP contribution in [0.25, 0.3) is 10.9 Å². The molecule has 1 aromatic carbocycles. The van der Waals surface area contributed by atoms with Crippen LogP contribution >= 0.6 is 0 Å². The monoisotopic (exact) mass is 279 g/mol. The van der Waals surface area contributed by atoms with Gasteiger partial charge in [-0.3, -0.25) is 14.3 Å². The van der Waals surface area contributed by atoms with Gasteiger partial charge in [-0.15, -0.1) is 0 Å². The van der Waals surface area contributed by atoms with Gasteiger partial charge in [0.2, 0.25) is 0 Å². The lowest BCUT2D eigenvalue weighted by Gasteiger charge is -2.15. The Hall–Kier alpha value is -2.49. The first-order valence-corrected chi connectivity index (χ1v) is 7.10. The van der Waals surface area contributed by atoms with Crippen molar-refractivity contribution in [2.75, 3.05) is 0 Å². The highest BCUT2D eigenvalue weighted by Crippen LogP contribution is 2.14. The standard InChI is InChI=1S/C17H17N3O/c1-13(7-8-14-5-3-2-4-6-14)20-12-19-16-9-10-18-11-15(16)17(20)21/h2-6,9-13H,7-8H2,1H3/t13-/m0/s1. The molecule has 0 amide bonds. The second-order valence-corrected chi connectivity index (χ2v) is 5.22. The van der Waals surface area contributed by atoms with Crippen LogP contribution in [0.3, 0.4) is 0 Å². The summed E-state index contributed by atoms with van der Waals surface area (Å²) in [6.45, 7) is 2.05. The molecule has 106 valence electrons. The van der Waals surface area contributed by atoms with Crippen LogP contribution in [0.2, 0.25) is 0 Å². The molecule has 0 N–H and O–H groups in total. The molecule has 0 radical (unpaired) electrons. The van der Waals surface area contributed by atoms with E-state index in [0.29, 0.717) is 10.9 Å². The van der Waals surface area contributed by atoms with Crippen molar-refractivity contribution in [2.45, 2.75) is 25.8 Å². The number of aryl methyl sites for hydroxylation is 1. The van der Waals surface area contributed by atoms with Crippen molar-refractivity contribution in [1.82, 2.24) is 14.5 Å². The van der Waals surface area contributed by atoms with Gasteiger partial charge in [0, 0.05) is 18.4 Å². The van der Waals surface area contributed by atoms with Gasteiger partial charge in [-0.05, 0) is 31.4 Å². The predicted molar refractivity (Wildman–Crippen MR) is 83.3 cm³/mol. The van der Waals surface area contributed by atoms with Crippen molar-refractivity contribution >= 4 is 10.9 Å². The fourth-order valence-electron chi connectivity index (χ4n) is 2.45. The highest BCUT2D eigenvalue weighted by atomic mass is 16.1. The number of rotatable bonds is 4. The lowest BCUT2D eigenvalue weighted by Crippen LogP contribution is -2.24. The van der Waals surface area contributed by atoms with E-state index in [9.17, 15) is 4.79 Å². The molecule has 2 heterocycles. The molecular formula is C17H17N3O. The Morgan fingerprint density at radius 2 is 2.00 bits per heavy atom. The Morgan fingerprint density at radius 1 is 1.19 bits per heavy atom. The minimum absolute atomic E-state index is 0.0198. The first-order valence-electron chi connectivity index (χ1n) is 7.10. The third-order valence-corrected chi connectivity index (χ3v) is 3.75. The van der Waals surface area contributed by atoms with Gasteiger partial charge in [0.15, 0.2) is 0 Å². The number of hydrogen-bond donors (Lipinski definition) is 0. The summed E-state index contributed by atoms with van der Waals surface area (Å²) in [5.74, 6) is 0. The minimum Gasteiger partial charge on any atom is -0.296 e. The van der Waals surface area contributed by atoms with E-state index in [1.165, 1.54) is 5.56 Å². The maximum atomic E-state index is 12.5. The molecule has 0 aliphatic heterocycles. The fraction of sp³-hybridized carbons (Fsp3) is 0.235. The molecule has 0 unspecified atom stereocenters. The molecule has 21 heavy (non-hydrogen) atoms. The first-order chi connectivity index (χ1) is 10.3. The van der Waals surface area contributed by atoms with Crippen LogP contribution in [-0.4, -0.2) is 14.5 Å². The third-order valence-electron chi connectivity index (χ3n) is 3.75. The zero-order valence-corrected chi connectivity index (χ0v) is 11.9. The number of nitrogens with zero attached hydrogens (tertiary/aromatic N) is 3. The molecular weight excluding hydrogens is 262 g/mol. The second kappa shape index (κ2) is 5.87. The minimum atomic E-state index is -0.0198. The Balaban J connectivity index is 1.83. The van der Waals surface area contributed by atoms with Crippen molar-refractivity contribution < 1.29 is 0 Å². The molecule has 0 aliphatic rings. The summed E-state index contributed by atoms with van der Waals surface area (Å²) in [6.07, 6.45) is 6.72.